The summed E-state index contributed by atoms with van der Waals surface area (Å²) in [5.74, 6) is 0.804. The zero-order valence-electron chi connectivity index (χ0n) is 16.4. The summed E-state index contributed by atoms with van der Waals surface area (Å²) in [4.78, 5) is 0. The Bertz CT molecular complexity index is 922. The van der Waals surface area contributed by atoms with Crippen LogP contribution in [-0.2, 0) is 11.2 Å². The molecule has 0 spiro atoms. The Balaban J connectivity index is 1.45. The molecule has 0 saturated heterocycles. The van der Waals surface area contributed by atoms with Crippen LogP contribution < -0.4 is 4.74 Å². The first-order valence-corrected chi connectivity index (χ1v) is 9.45. The molecule has 0 aliphatic carbocycles. The van der Waals surface area contributed by atoms with E-state index in [1.54, 1.807) is 0 Å². The van der Waals surface area contributed by atoms with Crippen LogP contribution in [0.4, 0.5) is 0 Å². The van der Waals surface area contributed by atoms with Crippen LogP contribution >= 0.6 is 0 Å². The molecule has 2 heteroatoms. The van der Waals surface area contributed by atoms with Crippen LogP contribution in [0.3, 0.4) is 0 Å². The van der Waals surface area contributed by atoms with Crippen molar-refractivity contribution in [3.05, 3.63) is 102 Å². The van der Waals surface area contributed by atoms with Crippen LogP contribution in [0.2, 0.25) is 0 Å². The van der Waals surface area contributed by atoms with Crippen LogP contribution in [0.25, 0.3) is 23.3 Å². The fraction of sp³-hybridized carbons (Fsp3) is 0.154. The summed E-state index contributed by atoms with van der Waals surface area (Å²) >= 11 is 0. The van der Waals surface area contributed by atoms with E-state index in [1.807, 2.05) is 24.3 Å². The van der Waals surface area contributed by atoms with Gasteiger partial charge in [0.25, 0.3) is 0 Å². The predicted octanol–water partition coefficient (Wildman–Crippen LogP) is 6.54. The Hall–Kier alpha value is -3.10. The summed E-state index contributed by atoms with van der Waals surface area (Å²) < 4.78 is 11.3. The lowest BCUT2D eigenvalue weighted by Crippen LogP contribution is -2.06. The summed E-state index contributed by atoms with van der Waals surface area (Å²) in [6.07, 6.45) is 4.58. The van der Waals surface area contributed by atoms with Crippen molar-refractivity contribution < 1.29 is 9.47 Å². The molecule has 0 unspecified atom stereocenters. The van der Waals surface area contributed by atoms with Crippen LogP contribution in [0, 0.1) is 6.92 Å². The van der Waals surface area contributed by atoms with E-state index < -0.39 is 0 Å². The first kappa shape index (κ1) is 19.7. The van der Waals surface area contributed by atoms with Crippen molar-refractivity contribution in [1.29, 1.82) is 0 Å². The van der Waals surface area contributed by atoms with E-state index in [1.165, 1.54) is 16.7 Å². The average molecular weight is 370 g/mol. The van der Waals surface area contributed by atoms with E-state index in [2.05, 4.69) is 74.7 Å². The second kappa shape index (κ2) is 9.72. The largest absolute Gasteiger partial charge is 0.468 e. The van der Waals surface area contributed by atoms with Gasteiger partial charge < -0.3 is 9.47 Å². The number of hydrogen-bond acceptors (Lipinski definition) is 2. The molecule has 0 aliphatic rings. The summed E-state index contributed by atoms with van der Waals surface area (Å²) in [5.41, 5.74) is 7.14. The zero-order valence-corrected chi connectivity index (χ0v) is 16.4. The van der Waals surface area contributed by atoms with Gasteiger partial charge in [0, 0.05) is 0 Å². The highest BCUT2D eigenvalue weighted by molar-refractivity contribution is 5.66. The van der Waals surface area contributed by atoms with E-state index in [0.29, 0.717) is 6.61 Å². The molecule has 0 amide bonds. The second-order valence-corrected chi connectivity index (χ2v) is 6.66. The number of aryl methyl sites for hydroxylation is 1. The number of rotatable bonds is 9. The minimum atomic E-state index is 0.247. The molecule has 3 rings (SSSR count). The van der Waals surface area contributed by atoms with Gasteiger partial charge in [0.2, 0.25) is 0 Å². The van der Waals surface area contributed by atoms with Crippen molar-refractivity contribution in [1.82, 2.24) is 0 Å². The van der Waals surface area contributed by atoms with Gasteiger partial charge in [-0.05, 0) is 58.9 Å². The molecule has 3 aromatic rings. The SMILES string of the molecule is C=Cc1ccc(-c2ccc(OCOCCc3ccc(C=C)cc3C)cc2)cc1. The Kier molecular flexibility index (Phi) is 6.83. The van der Waals surface area contributed by atoms with Gasteiger partial charge in [-0.25, -0.2) is 0 Å². The van der Waals surface area contributed by atoms with Crippen LogP contribution in [-0.4, -0.2) is 13.4 Å². The molecule has 0 fully saturated rings. The van der Waals surface area contributed by atoms with Crippen LogP contribution in [0.15, 0.2) is 79.9 Å². The van der Waals surface area contributed by atoms with Crippen molar-refractivity contribution in [2.24, 2.45) is 0 Å². The monoisotopic (exact) mass is 370 g/mol. The molecule has 0 heterocycles. The van der Waals surface area contributed by atoms with Gasteiger partial charge in [0.15, 0.2) is 6.79 Å². The highest BCUT2D eigenvalue weighted by Gasteiger charge is 2.01. The molecule has 0 aliphatic heterocycles. The van der Waals surface area contributed by atoms with Gasteiger partial charge >= 0.3 is 0 Å². The molecule has 0 atom stereocenters. The zero-order chi connectivity index (χ0) is 19.8. The first-order valence-electron chi connectivity index (χ1n) is 9.45. The fourth-order valence-electron chi connectivity index (χ4n) is 3.03. The van der Waals surface area contributed by atoms with E-state index in [4.69, 9.17) is 9.47 Å². The second-order valence-electron chi connectivity index (χ2n) is 6.66. The Morgan fingerprint density at radius 1 is 0.786 bits per heavy atom. The minimum absolute atomic E-state index is 0.247. The Morgan fingerprint density at radius 3 is 2.00 bits per heavy atom. The van der Waals surface area contributed by atoms with Crippen molar-refractivity contribution in [3.63, 3.8) is 0 Å². The molecule has 0 saturated carbocycles. The molecule has 142 valence electrons. The molecule has 0 aromatic heterocycles. The van der Waals surface area contributed by atoms with Crippen molar-refractivity contribution >= 4 is 12.2 Å². The Labute approximate surface area is 167 Å². The third-order valence-electron chi connectivity index (χ3n) is 4.76. The molecule has 0 N–H and O–H groups in total. The molecular formula is C26H26O2. The third-order valence-corrected chi connectivity index (χ3v) is 4.76. The predicted molar refractivity (Wildman–Crippen MR) is 118 cm³/mol. The van der Waals surface area contributed by atoms with Crippen molar-refractivity contribution in [3.8, 4) is 16.9 Å². The first-order chi connectivity index (χ1) is 13.7. The summed E-state index contributed by atoms with van der Waals surface area (Å²) in [5, 5.41) is 0. The van der Waals surface area contributed by atoms with Crippen molar-refractivity contribution in [2.45, 2.75) is 13.3 Å². The molecule has 0 radical (unpaired) electrons. The van der Waals surface area contributed by atoms with Gasteiger partial charge in [0.1, 0.15) is 5.75 Å². The van der Waals surface area contributed by atoms with Gasteiger partial charge in [-0.15, -0.1) is 0 Å². The third kappa shape index (κ3) is 5.21. The average Bonchev–Trinajstić information content (AvgIpc) is 2.75. The molecular weight excluding hydrogens is 344 g/mol. The highest BCUT2D eigenvalue weighted by atomic mass is 16.7. The van der Waals surface area contributed by atoms with E-state index in [9.17, 15) is 0 Å². The van der Waals surface area contributed by atoms with Gasteiger partial charge in [0.05, 0.1) is 6.61 Å². The highest BCUT2D eigenvalue weighted by Crippen LogP contribution is 2.23. The van der Waals surface area contributed by atoms with E-state index in [0.717, 1.165) is 28.9 Å². The normalized spacial score (nSPS) is 10.5. The molecule has 3 aromatic carbocycles. The quantitative estimate of drug-likeness (QED) is 0.314. The summed E-state index contributed by atoms with van der Waals surface area (Å²) in [6.45, 7) is 10.6. The molecule has 28 heavy (non-hydrogen) atoms. The lowest BCUT2D eigenvalue weighted by Gasteiger charge is -2.10. The van der Waals surface area contributed by atoms with Crippen molar-refractivity contribution in [2.75, 3.05) is 13.4 Å². The lowest BCUT2D eigenvalue weighted by molar-refractivity contribution is 0.0169. The summed E-state index contributed by atoms with van der Waals surface area (Å²) in [6, 6.07) is 22.7. The number of hydrogen-bond donors (Lipinski definition) is 0. The number of benzene rings is 3. The Morgan fingerprint density at radius 2 is 1.39 bits per heavy atom. The smallest absolute Gasteiger partial charge is 0.189 e. The molecule has 2 nitrogen and oxygen atoms in total. The van der Waals surface area contributed by atoms with E-state index >= 15 is 0 Å². The van der Waals surface area contributed by atoms with Gasteiger partial charge in [-0.2, -0.15) is 0 Å². The maximum Gasteiger partial charge on any atom is 0.189 e. The molecule has 0 bridgehead atoms. The standard InChI is InChI=1S/C26H26O2/c1-4-21-6-10-24(11-7-21)25-12-14-26(15-13-25)28-19-27-17-16-23-9-8-22(5-2)18-20(23)3/h4-15,18H,1-2,16-17,19H2,3H3. The van der Waals surface area contributed by atoms with Crippen LogP contribution in [0.5, 0.6) is 5.75 Å². The maximum atomic E-state index is 5.69. The fourth-order valence-corrected chi connectivity index (χ4v) is 3.03. The van der Waals surface area contributed by atoms with Crippen LogP contribution in [0.1, 0.15) is 22.3 Å². The van der Waals surface area contributed by atoms with Gasteiger partial charge in [-0.1, -0.05) is 79.9 Å². The topological polar surface area (TPSA) is 18.5 Å². The van der Waals surface area contributed by atoms with E-state index in [-0.39, 0.29) is 6.79 Å². The maximum absolute atomic E-state index is 5.69. The lowest BCUT2D eigenvalue weighted by atomic mass is 10.0. The van der Waals surface area contributed by atoms with Gasteiger partial charge in [-0.3, -0.25) is 0 Å². The minimum Gasteiger partial charge on any atom is -0.468 e. The number of ether oxygens (including phenoxy) is 2. The summed E-state index contributed by atoms with van der Waals surface area (Å²) in [7, 11) is 0.